The highest BCUT2D eigenvalue weighted by atomic mass is 32.2. The first kappa shape index (κ1) is 22.1. The van der Waals surface area contributed by atoms with Crippen LogP contribution in [-0.4, -0.2) is 34.1 Å². The third-order valence-corrected chi connectivity index (χ3v) is 5.89. The first-order chi connectivity index (χ1) is 13.3. The normalized spacial score (nSPS) is 13.7. The monoisotopic (exact) mass is 404 g/mol. The molecule has 0 saturated carbocycles. The second kappa shape index (κ2) is 10.4. The Hall–Kier alpha value is -2.22. The number of amides is 1. The van der Waals surface area contributed by atoms with Gasteiger partial charge >= 0.3 is 0 Å². The molecular weight excluding hydrogens is 376 g/mol. The zero-order valence-electron chi connectivity index (χ0n) is 16.5. The van der Waals surface area contributed by atoms with Crippen LogP contribution in [0.3, 0.4) is 0 Å². The highest BCUT2D eigenvalue weighted by Crippen LogP contribution is 2.17. The average Bonchev–Trinajstić information content (AvgIpc) is 2.67. The predicted octanol–water partition coefficient (Wildman–Crippen LogP) is 2.81. The molecule has 0 saturated heterocycles. The van der Waals surface area contributed by atoms with Gasteiger partial charge in [-0.2, -0.15) is 0 Å². The van der Waals surface area contributed by atoms with Crippen LogP contribution in [0.2, 0.25) is 0 Å². The summed E-state index contributed by atoms with van der Waals surface area (Å²) in [6.07, 6.45) is 0.878. The van der Waals surface area contributed by atoms with Gasteiger partial charge in [0.1, 0.15) is 0 Å². The molecule has 2 N–H and O–H groups in total. The summed E-state index contributed by atoms with van der Waals surface area (Å²) >= 11 is 0. The Balaban J connectivity index is 1.93. The van der Waals surface area contributed by atoms with Gasteiger partial charge < -0.3 is 10.1 Å². The van der Waals surface area contributed by atoms with Crippen LogP contribution in [0.15, 0.2) is 59.5 Å². The third kappa shape index (κ3) is 6.74. The van der Waals surface area contributed by atoms with Crippen molar-refractivity contribution in [1.29, 1.82) is 0 Å². The average molecular weight is 405 g/mol. The molecule has 0 aliphatic carbocycles. The number of benzene rings is 2. The molecule has 6 nitrogen and oxygen atoms in total. The van der Waals surface area contributed by atoms with Gasteiger partial charge in [-0.15, -0.1) is 0 Å². The largest absolute Gasteiger partial charge is 0.383 e. The molecule has 7 heteroatoms. The second-order valence-electron chi connectivity index (χ2n) is 6.82. The highest BCUT2D eigenvalue weighted by Gasteiger charge is 2.18. The van der Waals surface area contributed by atoms with E-state index in [0.717, 1.165) is 11.1 Å². The van der Waals surface area contributed by atoms with Crippen molar-refractivity contribution in [3.8, 4) is 0 Å². The van der Waals surface area contributed by atoms with E-state index in [1.807, 2.05) is 44.2 Å². The SMILES string of the molecule is COC[C@@H](C)NC(=O)CCc1ccc(S(=O)(=O)N[C@@H](C)c2ccccc2)cc1. The number of methoxy groups -OCH3 is 1. The molecule has 28 heavy (non-hydrogen) atoms. The first-order valence-corrected chi connectivity index (χ1v) is 10.7. The molecule has 2 atom stereocenters. The Morgan fingerprint density at radius 1 is 1.04 bits per heavy atom. The maximum absolute atomic E-state index is 12.6. The molecule has 0 aliphatic rings. The molecule has 0 heterocycles. The van der Waals surface area contributed by atoms with Gasteiger partial charge in [0.25, 0.3) is 0 Å². The lowest BCUT2D eigenvalue weighted by Crippen LogP contribution is -2.35. The van der Waals surface area contributed by atoms with Gasteiger partial charge in [-0.1, -0.05) is 42.5 Å². The van der Waals surface area contributed by atoms with E-state index in [9.17, 15) is 13.2 Å². The molecule has 2 rings (SSSR count). The van der Waals surface area contributed by atoms with E-state index < -0.39 is 10.0 Å². The lowest BCUT2D eigenvalue weighted by molar-refractivity contribution is -0.122. The van der Waals surface area contributed by atoms with Gasteiger partial charge in [-0.25, -0.2) is 13.1 Å². The molecule has 0 fully saturated rings. The number of ether oxygens (including phenoxy) is 1. The summed E-state index contributed by atoms with van der Waals surface area (Å²) in [6, 6.07) is 15.7. The number of hydrogen-bond acceptors (Lipinski definition) is 4. The van der Waals surface area contributed by atoms with Crippen molar-refractivity contribution in [1.82, 2.24) is 10.0 Å². The topological polar surface area (TPSA) is 84.5 Å². The maximum Gasteiger partial charge on any atom is 0.241 e. The Morgan fingerprint density at radius 3 is 2.29 bits per heavy atom. The summed E-state index contributed by atoms with van der Waals surface area (Å²) in [5.41, 5.74) is 1.81. The molecule has 0 spiro atoms. The van der Waals surface area contributed by atoms with Crippen molar-refractivity contribution >= 4 is 15.9 Å². The molecule has 0 unspecified atom stereocenters. The van der Waals surface area contributed by atoms with E-state index in [1.54, 1.807) is 31.4 Å². The zero-order valence-corrected chi connectivity index (χ0v) is 17.3. The van der Waals surface area contributed by atoms with Crippen LogP contribution in [0.5, 0.6) is 0 Å². The van der Waals surface area contributed by atoms with Crippen molar-refractivity contribution in [2.75, 3.05) is 13.7 Å². The second-order valence-corrected chi connectivity index (χ2v) is 8.54. The lowest BCUT2D eigenvalue weighted by atomic mass is 10.1. The fraction of sp³-hybridized carbons (Fsp3) is 0.381. The number of rotatable bonds is 10. The lowest BCUT2D eigenvalue weighted by Gasteiger charge is -2.15. The standard InChI is InChI=1S/C21H28N2O4S/c1-16(15-27-3)22-21(24)14-11-18-9-12-20(13-10-18)28(25,26)23-17(2)19-7-5-4-6-8-19/h4-10,12-13,16-17,23H,11,14-15H2,1-3H3,(H,22,24)/t16-,17+/m1/s1. The van der Waals surface area contributed by atoms with Crippen LogP contribution in [0.4, 0.5) is 0 Å². The van der Waals surface area contributed by atoms with E-state index in [0.29, 0.717) is 19.4 Å². The van der Waals surface area contributed by atoms with Gasteiger partial charge in [0.15, 0.2) is 0 Å². The molecule has 0 radical (unpaired) electrons. The van der Waals surface area contributed by atoms with Gasteiger partial charge in [0, 0.05) is 25.6 Å². The van der Waals surface area contributed by atoms with Crippen LogP contribution in [0.25, 0.3) is 0 Å². The smallest absolute Gasteiger partial charge is 0.241 e. The Morgan fingerprint density at radius 2 is 1.68 bits per heavy atom. The Labute approximate surface area is 167 Å². The number of sulfonamides is 1. The molecule has 2 aromatic carbocycles. The molecule has 0 bridgehead atoms. The zero-order chi connectivity index (χ0) is 20.6. The van der Waals surface area contributed by atoms with Gasteiger partial charge in [0.05, 0.1) is 11.5 Å². The predicted molar refractivity (Wildman–Crippen MR) is 109 cm³/mol. The first-order valence-electron chi connectivity index (χ1n) is 9.26. The quantitative estimate of drug-likeness (QED) is 0.638. The minimum absolute atomic E-state index is 0.0392. The van der Waals surface area contributed by atoms with Gasteiger partial charge in [-0.05, 0) is 43.5 Å². The minimum atomic E-state index is -3.62. The number of carbonyl (C=O) groups is 1. The van der Waals surface area contributed by atoms with Crippen LogP contribution in [0, 0.1) is 0 Å². The summed E-state index contributed by atoms with van der Waals surface area (Å²) in [6.45, 7) is 4.15. The van der Waals surface area contributed by atoms with Gasteiger partial charge in [0.2, 0.25) is 15.9 Å². The molecule has 1 amide bonds. The highest BCUT2D eigenvalue weighted by molar-refractivity contribution is 7.89. The third-order valence-electron chi connectivity index (χ3n) is 4.33. The van der Waals surface area contributed by atoms with E-state index in [-0.39, 0.29) is 22.9 Å². The van der Waals surface area contributed by atoms with Crippen LogP contribution in [-0.2, 0) is 26.0 Å². The molecule has 0 aliphatic heterocycles. The van der Waals surface area contributed by atoms with Crippen molar-refractivity contribution in [3.05, 3.63) is 65.7 Å². The van der Waals surface area contributed by atoms with E-state index >= 15 is 0 Å². The maximum atomic E-state index is 12.6. The van der Waals surface area contributed by atoms with Crippen LogP contribution >= 0.6 is 0 Å². The summed E-state index contributed by atoms with van der Waals surface area (Å²) in [7, 11) is -2.03. The number of carbonyl (C=O) groups excluding carboxylic acids is 1. The van der Waals surface area contributed by atoms with E-state index in [2.05, 4.69) is 10.0 Å². The summed E-state index contributed by atoms with van der Waals surface area (Å²) < 4.78 is 32.9. The molecule has 152 valence electrons. The fourth-order valence-electron chi connectivity index (χ4n) is 2.84. The van der Waals surface area contributed by atoms with Crippen molar-refractivity contribution in [2.24, 2.45) is 0 Å². The summed E-state index contributed by atoms with van der Waals surface area (Å²) in [5.74, 6) is -0.0559. The van der Waals surface area contributed by atoms with Crippen molar-refractivity contribution < 1.29 is 17.9 Å². The summed E-state index contributed by atoms with van der Waals surface area (Å²) in [5, 5.41) is 2.85. The van der Waals surface area contributed by atoms with Crippen LogP contribution in [0.1, 0.15) is 37.4 Å². The Kier molecular flexibility index (Phi) is 8.17. The summed E-state index contributed by atoms with van der Waals surface area (Å²) in [4.78, 5) is 12.1. The van der Waals surface area contributed by atoms with Gasteiger partial charge in [-0.3, -0.25) is 4.79 Å². The van der Waals surface area contributed by atoms with Crippen molar-refractivity contribution in [3.63, 3.8) is 0 Å². The number of nitrogens with one attached hydrogen (secondary N) is 2. The van der Waals surface area contributed by atoms with Crippen molar-refractivity contribution in [2.45, 2.75) is 43.7 Å². The molecule has 2 aromatic rings. The minimum Gasteiger partial charge on any atom is -0.383 e. The molecular formula is C21H28N2O4S. The fourth-order valence-corrected chi connectivity index (χ4v) is 4.07. The van der Waals surface area contributed by atoms with E-state index in [4.69, 9.17) is 4.74 Å². The number of aryl methyl sites for hydroxylation is 1. The number of hydrogen-bond donors (Lipinski definition) is 2. The molecule has 0 aromatic heterocycles. The van der Waals surface area contributed by atoms with Crippen LogP contribution < -0.4 is 10.0 Å². The van der Waals surface area contributed by atoms with E-state index in [1.165, 1.54) is 0 Å². The Bertz CT molecular complexity index is 852.